The van der Waals surface area contributed by atoms with E-state index in [4.69, 9.17) is 0 Å². The summed E-state index contributed by atoms with van der Waals surface area (Å²) in [6.07, 6.45) is 0. The molecule has 0 spiro atoms. The molecule has 73 valence electrons. The molecule has 8 heteroatoms. The third-order valence-corrected chi connectivity index (χ3v) is 3.04. The first-order valence-corrected chi connectivity index (χ1v) is 4.76. The number of hydrogen-bond donors (Lipinski definition) is 1. The van der Waals surface area contributed by atoms with Gasteiger partial charge in [0.25, 0.3) is 15.9 Å². The summed E-state index contributed by atoms with van der Waals surface area (Å²) in [6.45, 7) is 0. The van der Waals surface area contributed by atoms with Gasteiger partial charge in [-0.3, -0.25) is 4.79 Å². The van der Waals surface area contributed by atoms with E-state index < -0.39 is 15.9 Å². The number of carbonyl (C=O) groups excluding carboxylic acids is 1. The predicted octanol–water partition coefficient (Wildman–Crippen LogP) is -0.574. The van der Waals surface area contributed by atoms with E-state index in [-0.39, 0.29) is 85.4 Å². The fourth-order valence-corrected chi connectivity index (χ4v) is 2.29. The van der Waals surface area contributed by atoms with Crippen LogP contribution in [-0.2, 0) is 10.0 Å². The summed E-state index contributed by atoms with van der Waals surface area (Å²) >= 11 is 0. The van der Waals surface area contributed by atoms with Crippen LogP contribution in [0, 0.1) is 0 Å². The maximum Gasteiger partial charge on any atom is 2.00 e. The second kappa shape index (κ2) is 6.46. The van der Waals surface area contributed by atoms with E-state index in [2.05, 4.69) is 0 Å². The summed E-state index contributed by atoms with van der Waals surface area (Å²) in [5, 5.41) is 0. The van der Waals surface area contributed by atoms with Gasteiger partial charge in [-0.25, -0.2) is 13.1 Å². The van der Waals surface area contributed by atoms with Crippen LogP contribution >= 0.6 is 0 Å². The number of nitrogens with one attached hydrogen (secondary N) is 1. The predicted molar refractivity (Wildman–Crippen MR) is 62.8 cm³/mol. The Bertz CT molecular complexity index is 479. The van der Waals surface area contributed by atoms with Crippen LogP contribution in [0.1, 0.15) is 16.1 Å². The van der Waals surface area contributed by atoms with Crippen LogP contribution in [0.5, 0.6) is 0 Å². The van der Waals surface area contributed by atoms with Gasteiger partial charge in [-0.2, -0.15) is 0 Å². The Morgan fingerprint density at radius 2 is 1.73 bits per heavy atom. The quantitative estimate of drug-likeness (QED) is 0.637. The smallest absolute Gasteiger partial charge is 1.00 e. The van der Waals surface area contributed by atoms with Crippen LogP contribution in [-0.4, -0.2) is 83.5 Å². The second-order valence-corrected chi connectivity index (χ2v) is 4.08. The van der Waals surface area contributed by atoms with Gasteiger partial charge in [0.2, 0.25) is 0 Å². The minimum atomic E-state index is -3.55. The summed E-state index contributed by atoms with van der Waals surface area (Å²) in [5.41, 5.74) is 0.220. The Balaban J connectivity index is -0.0000000604. The summed E-state index contributed by atoms with van der Waals surface area (Å²) in [7, 11) is -3.55. The molecule has 0 unspecified atom stereocenters. The monoisotopic (exact) mass is 262 g/mol. The molecular formula is C7H9BCaMgNO3S. The van der Waals surface area contributed by atoms with E-state index >= 15 is 0 Å². The Hall–Kier alpha value is 0.731. The van der Waals surface area contributed by atoms with Crippen molar-refractivity contribution in [3.05, 3.63) is 29.8 Å². The molecule has 0 aliphatic carbocycles. The van der Waals surface area contributed by atoms with Crippen molar-refractivity contribution in [2.75, 3.05) is 0 Å². The van der Waals surface area contributed by atoms with Crippen molar-refractivity contribution in [1.29, 1.82) is 0 Å². The Morgan fingerprint density at radius 1 is 1.20 bits per heavy atom. The number of fused-ring (bicyclic) bond motifs is 1. The van der Waals surface area contributed by atoms with E-state index in [0.717, 1.165) is 0 Å². The molecule has 1 N–H and O–H groups in total. The fourth-order valence-electron chi connectivity index (χ4n) is 1.12. The van der Waals surface area contributed by atoms with Gasteiger partial charge >= 0.3 is 60.8 Å². The van der Waals surface area contributed by atoms with Crippen molar-refractivity contribution < 1.29 is 18.9 Å². The third kappa shape index (κ3) is 3.34. The molecule has 15 heavy (non-hydrogen) atoms. The molecule has 2 rings (SSSR count). The molecule has 1 heterocycles. The van der Waals surface area contributed by atoms with Crippen LogP contribution in [0.4, 0.5) is 0 Å². The molecule has 4 nitrogen and oxygen atoms in total. The van der Waals surface area contributed by atoms with Crippen molar-refractivity contribution in [2.45, 2.75) is 4.90 Å². The Morgan fingerprint density at radius 3 is 2.27 bits per heavy atom. The maximum absolute atomic E-state index is 11.1. The molecule has 1 amide bonds. The standard InChI is InChI=1S/C7H5NO3S.B.Ca.Mg.4H/c9-7-5-3-1-2-4-6(5)12(10,11)8-7;;;;;;;/h1-4H,(H,8,9);;;;;;;/q;;2*+2;4*-1. The zero-order chi connectivity index (χ0) is 8.77. The van der Waals surface area contributed by atoms with Gasteiger partial charge in [-0.05, 0) is 12.1 Å². The van der Waals surface area contributed by atoms with Gasteiger partial charge in [0.1, 0.15) is 4.90 Å². The zero-order valence-corrected chi connectivity index (χ0v) is 12.4. The third-order valence-electron chi connectivity index (χ3n) is 1.65. The Labute approximate surface area is 142 Å². The average Bonchev–Trinajstić information content (AvgIpc) is 2.25. The van der Waals surface area contributed by atoms with Gasteiger partial charge in [0.15, 0.2) is 0 Å². The number of amides is 1. The van der Waals surface area contributed by atoms with Crippen LogP contribution < -0.4 is 4.72 Å². The normalized spacial score (nSPS) is 14.8. The summed E-state index contributed by atoms with van der Waals surface area (Å²) in [6, 6.07) is 6.09. The largest absolute Gasteiger partial charge is 2.00 e. The van der Waals surface area contributed by atoms with Crippen molar-refractivity contribution in [1.82, 2.24) is 4.72 Å². The molecule has 0 fully saturated rings. The number of sulfonamides is 1. The molecular weight excluding hydrogens is 253 g/mol. The zero-order valence-electron chi connectivity index (χ0n) is 11.9. The minimum absolute atomic E-state index is 0. The number of carbonyl (C=O) groups is 1. The van der Waals surface area contributed by atoms with Gasteiger partial charge in [0.05, 0.1) is 5.56 Å². The van der Waals surface area contributed by atoms with E-state index in [1.807, 2.05) is 4.72 Å². The van der Waals surface area contributed by atoms with Crippen molar-refractivity contribution >= 4 is 85.1 Å². The van der Waals surface area contributed by atoms with E-state index in [1.165, 1.54) is 12.1 Å². The van der Waals surface area contributed by atoms with Gasteiger partial charge in [-0.15, -0.1) is 0 Å². The first-order valence-electron chi connectivity index (χ1n) is 3.27. The van der Waals surface area contributed by atoms with Crippen LogP contribution in [0.3, 0.4) is 0 Å². The topological polar surface area (TPSA) is 63.2 Å². The second-order valence-electron chi connectivity index (χ2n) is 2.43. The molecule has 1 aromatic carbocycles. The fraction of sp³-hybridized carbons (Fsp3) is 0. The van der Waals surface area contributed by atoms with Crippen LogP contribution in [0.2, 0.25) is 0 Å². The molecule has 0 aromatic heterocycles. The van der Waals surface area contributed by atoms with Gasteiger partial charge in [0, 0.05) is 8.41 Å². The van der Waals surface area contributed by atoms with Crippen molar-refractivity contribution in [3.63, 3.8) is 0 Å². The van der Waals surface area contributed by atoms with Gasteiger partial charge in [-0.1, -0.05) is 12.1 Å². The van der Waals surface area contributed by atoms with Crippen molar-refractivity contribution in [2.24, 2.45) is 0 Å². The minimum Gasteiger partial charge on any atom is -1.00 e. The molecule has 0 atom stereocenters. The number of rotatable bonds is 0. The molecule has 0 saturated carbocycles. The maximum atomic E-state index is 11.1. The molecule has 1 aliphatic rings. The SMILES string of the molecule is O=C1NS(=O)(=O)c2ccccc21.[B].[Ca+2].[H-].[H-].[H-].[H-].[Mg+2]. The van der Waals surface area contributed by atoms with Crippen molar-refractivity contribution in [3.8, 4) is 0 Å². The van der Waals surface area contributed by atoms with Crippen LogP contribution in [0.25, 0.3) is 0 Å². The number of hydrogen-bond acceptors (Lipinski definition) is 3. The first-order chi connectivity index (χ1) is 5.61. The van der Waals surface area contributed by atoms with Crippen LogP contribution in [0.15, 0.2) is 29.2 Å². The van der Waals surface area contributed by atoms with Gasteiger partial charge < -0.3 is 5.71 Å². The molecule has 0 bridgehead atoms. The molecule has 1 aliphatic heterocycles. The summed E-state index contributed by atoms with van der Waals surface area (Å²) in [5.74, 6) is -0.550. The molecule has 1 aromatic rings. The summed E-state index contributed by atoms with van der Waals surface area (Å²) in [4.78, 5) is 11.1. The van der Waals surface area contributed by atoms with E-state index in [9.17, 15) is 13.2 Å². The molecule has 3 radical (unpaired) electrons. The van der Waals surface area contributed by atoms with E-state index in [1.54, 1.807) is 12.1 Å². The Kier molecular flexibility index (Phi) is 7.80. The first kappa shape index (κ1) is 18.1. The molecule has 0 saturated heterocycles. The van der Waals surface area contributed by atoms with E-state index in [0.29, 0.717) is 0 Å². The number of benzene rings is 1. The average molecular weight is 262 g/mol. The summed E-state index contributed by atoms with van der Waals surface area (Å²) < 4.78 is 24.2.